The van der Waals surface area contributed by atoms with Gasteiger partial charge in [0, 0.05) is 6.54 Å². The van der Waals surface area contributed by atoms with Crippen LogP contribution in [0.1, 0.15) is 5.56 Å². The van der Waals surface area contributed by atoms with Crippen molar-refractivity contribution in [2.75, 3.05) is 0 Å². The molecule has 0 amide bonds. The summed E-state index contributed by atoms with van der Waals surface area (Å²) in [6.07, 6.45) is 0. The topological polar surface area (TPSA) is 73.9 Å². The molecule has 0 saturated carbocycles. The van der Waals surface area contributed by atoms with Gasteiger partial charge in [-0.05, 0) is 5.56 Å². The molecule has 1 aromatic carbocycles. The number of benzene rings is 1. The van der Waals surface area contributed by atoms with Crippen molar-refractivity contribution in [1.29, 1.82) is 5.41 Å². The second kappa shape index (κ2) is 8.62. The molecule has 0 heterocycles. The first kappa shape index (κ1) is 15.5. The van der Waals surface area contributed by atoms with E-state index in [-0.39, 0.29) is 30.8 Å². The lowest BCUT2D eigenvalue weighted by molar-refractivity contribution is 0.647. The summed E-state index contributed by atoms with van der Waals surface area (Å²) in [6, 6.07) is 9.88. The zero-order chi connectivity index (χ0) is 8.81. The molecule has 5 N–H and O–H groups in total. The highest BCUT2D eigenvalue weighted by atomic mass is 35.5. The van der Waals surface area contributed by atoms with Crippen molar-refractivity contribution < 1.29 is 0 Å². The van der Waals surface area contributed by atoms with E-state index in [1.807, 2.05) is 30.3 Å². The molecule has 0 bridgehead atoms. The van der Waals surface area contributed by atoms with Crippen molar-refractivity contribution in [2.45, 2.75) is 6.54 Å². The van der Waals surface area contributed by atoms with Gasteiger partial charge in [0.1, 0.15) is 0 Å². The molecule has 4 nitrogen and oxygen atoms in total. The summed E-state index contributed by atoms with van der Waals surface area (Å²) in [5.41, 5.74) is 11.5. The predicted octanol–water partition coefficient (Wildman–Crippen LogP) is 1.02. The van der Waals surface area contributed by atoms with Crippen LogP contribution in [0.2, 0.25) is 0 Å². The Bertz CT molecular complexity index is 253. The lowest BCUT2D eigenvalue weighted by Crippen LogP contribution is -2.41. The van der Waals surface area contributed by atoms with Gasteiger partial charge in [0.2, 0.25) is 0 Å². The molecular weight excluding hydrogens is 223 g/mol. The molecule has 1 rings (SSSR count). The summed E-state index contributed by atoms with van der Waals surface area (Å²) in [5, 5.41) is 6.86. The molecular formula is C8H14Cl2N4. The molecule has 0 atom stereocenters. The minimum absolute atomic E-state index is 0. The number of halogens is 2. The smallest absolute Gasteiger partial charge is 0.200 e. The van der Waals surface area contributed by atoms with Gasteiger partial charge in [-0.2, -0.15) is 0 Å². The molecule has 1 aromatic rings. The van der Waals surface area contributed by atoms with E-state index >= 15 is 0 Å². The fourth-order valence-electron chi connectivity index (χ4n) is 0.837. The first-order chi connectivity index (χ1) is 5.79. The third kappa shape index (κ3) is 6.54. The summed E-state index contributed by atoms with van der Waals surface area (Å²) in [6.45, 7) is 0.653. The molecule has 6 heteroatoms. The average molecular weight is 237 g/mol. The Morgan fingerprint density at radius 1 is 1.21 bits per heavy atom. The maximum absolute atomic E-state index is 6.86. The number of hydrazine groups is 1. The highest BCUT2D eigenvalue weighted by molar-refractivity contribution is 5.85. The first-order valence-corrected chi connectivity index (χ1v) is 3.66. The summed E-state index contributed by atoms with van der Waals surface area (Å²) >= 11 is 0. The average Bonchev–Trinajstić information content (AvgIpc) is 2.05. The van der Waals surface area contributed by atoms with Crippen molar-refractivity contribution in [3.05, 3.63) is 35.9 Å². The molecule has 0 unspecified atom stereocenters. The Labute approximate surface area is 95.6 Å². The van der Waals surface area contributed by atoms with Crippen molar-refractivity contribution in [1.82, 2.24) is 10.9 Å². The van der Waals surface area contributed by atoms with Gasteiger partial charge in [-0.15, -0.1) is 24.8 Å². The van der Waals surface area contributed by atoms with E-state index in [1.165, 1.54) is 0 Å². The SMILES string of the molecule is Cl.Cl.N=C(N)NNCc1ccccc1. The fourth-order valence-corrected chi connectivity index (χ4v) is 0.837. The minimum atomic E-state index is -0.0778. The van der Waals surface area contributed by atoms with Crippen molar-refractivity contribution in [2.24, 2.45) is 5.73 Å². The van der Waals surface area contributed by atoms with E-state index in [0.29, 0.717) is 6.54 Å². The third-order valence-electron chi connectivity index (χ3n) is 1.36. The van der Waals surface area contributed by atoms with E-state index in [0.717, 1.165) is 5.56 Å². The van der Waals surface area contributed by atoms with Crippen LogP contribution in [0.25, 0.3) is 0 Å². The van der Waals surface area contributed by atoms with Gasteiger partial charge in [-0.3, -0.25) is 10.8 Å². The van der Waals surface area contributed by atoms with Crippen LogP contribution in [0.4, 0.5) is 0 Å². The summed E-state index contributed by atoms with van der Waals surface area (Å²) < 4.78 is 0. The molecule has 0 saturated heterocycles. The van der Waals surface area contributed by atoms with Crippen LogP contribution in [0, 0.1) is 5.41 Å². The van der Waals surface area contributed by atoms with Crippen LogP contribution in [0.5, 0.6) is 0 Å². The molecule has 14 heavy (non-hydrogen) atoms. The predicted molar refractivity (Wildman–Crippen MR) is 62.8 cm³/mol. The van der Waals surface area contributed by atoms with E-state index in [2.05, 4.69) is 10.9 Å². The monoisotopic (exact) mass is 236 g/mol. The maximum Gasteiger partial charge on any atom is 0.200 e. The quantitative estimate of drug-likeness (QED) is 0.360. The van der Waals surface area contributed by atoms with Gasteiger partial charge < -0.3 is 5.73 Å². The molecule has 0 fully saturated rings. The van der Waals surface area contributed by atoms with Gasteiger partial charge in [-0.25, -0.2) is 5.43 Å². The van der Waals surface area contributed by atoms with Crippen molar-refractivity contribution in [3.63, 3.8) is 0 Å². The normalized spacial score (nSPS) is 8.00. The van der Waals surface area contributed by atoms with Gasteiger partial charge in [0.25, 0.3) is 0 Å². The van der Waals surface area contributed by atoms with Gasteiger partial charge in [0.05, 0.1) is 0 Å². The van der Waals surface area contributed by atoms with Crippen LogP contribution in [-0.4, -0.2) is 5.96 Å². The molecule has 0 aromatic heterocycles. The maximum atomic E-state index is 6.86. The Kier molecular flexibility index (Phi) is 9.54. The largest absolute Gasteiger partial charge is 0.369 e. The van der Waals surface area contributed by atoms with Gasteiger partial charge >= 0.3 is 0 Å². The Morgan fingerprint density at radius 3 is 2.29 bits per heavy atom. The van der Waals surface area contributed by atoms with E-state index in [9.17, 15) is 0 Å². The van der Waals surface area contributed by atoms with E-state index in [4.69, 9.17) is 11.1 Å². The Balaban J connectivity index is 0. The Morgan fingerprint density at radius 2 is 1.79 bits per heavy atom. The number of rotatable bonds is 3. The minimum Gasteiger partial charge on any atom is -0.369 e. The standard InChI is InChI=1S/C8H12N4.2ClH/c9-8(10)12-11-6-7-4-2-1-3-5-7;;/h1-5,11H,6H2,(H4,9,10,12);2*1H. The first-order valence-electron chi connectivity index (χ1n) is 3.66. The summed E-state index contributed by atoms with van der Waals surface area (Å²) in [7, 11) is 0. The molecule has 0 aliphatic carbocycles. The van der Waals surface area contributed by atoms with Crippen LogP contribution >= 0.6 is 24.8 Å². The number of hydrogen-bond acceptors (Lipinski definition) is 2. The highest BCUT2D eigenvalue weighted by Crippen LogP contribution is 1.95. The number of guanidine groups is 1. The Hall–Kier alpha value is -0.970. The second-order valence-corrected chi connectivity index (χ2v) is 2.38. The molecule has 0 aliphatic heterocycles. The number of nitrogens with one attached hydrogen (secondary N) is 3. The van der Waals surface area contributed by atoms with Crippen molar-refractivity contribution >= 4 is 30.8 Å². The number of nitrogens with two attached hydrogens (primary N) is 1. The zero-order valence-corrected chi connectivity index (χ0v) is 9.12. The number of hydrogen-bond donors (Lipinski definition) is 4. The van der Waals surface area contributed by atoms with Crippen LogP contribution in [-0.2, 0) is 6.54 Å². The molecule has 0 spiro atoms. The molecule has 0 aliphatic rings. The second-order valence-electron chi connectivity index (χ2n) is 2.38. The third-order valence-corrected chi connectivity index (χ3v) is 1.36. The summed E-state index contributed by atoms with van der Waals surface area (Å²) in [4.78, 5) is 0. The lowest BCUT2D eigenvalue weighted by atomic mass is 10.2. The zero-order valence-electron chi connectivity index (χ0n) is 7.49. The molecule has 0 radical (unpaired) electrons. The van der Waals surface area contributed by atoms with Crippen LogP contribution in [0.3, 0.4) is 0 Å². The fraction of sp³-hybridized carbons (Fsp3) is 0.125. The van der Waals surface area contributed by atoms with Gasteiger partial charge in [-0.1, -0.05) is 30.3 Å². The van der Waals surface area contributed by atoms with Gasteiger partial charge in [0.15, 0.2) is 5.96 Å². The van der Waals surface area contributed by atoms with E-state index < -0.39 is 0 Å². The van der Waals surface area contributed by atoms with Crippen molar-refractivity contribution in [3.8, 4) is 0 Å². The highest BCUT2D eigenvalue weighted by Gasteiger charge is 1.89. The molecule has 80 valence electrons. The van der Waals surface area contributed by atoms with Crippen LogP contribution < -0.4 is 16.6 Å². The lowest BCUT2D eigenvalue weighted by Gasteiger charge is -2.05. The van der Waals surface area contributed by atoms with Crippen LogP contribution in [0.15, 0.2) is 30.3 Å². The summed E-state index contributed by atoms with van der Waals surface area (Å²) in [5.74, 6) is -0.0778. The van der Waals surface area contributed by atoms with E-state index in [1.54, 1.807) is 0 Å².